The van der Waals surface area contributed by atoms with Crippen LogP contribution in [-0.4, -0.2) is 58.2 Å². The second kappa shape index (κ2) is 11.3. The molecule has 1 amide bonds. The van der Waals surface area contributed by atoms with Gasteiger partial charge in [0.2, 0.25) is 5.91 Å². The molecule has 1 aliphatic heterocycles. The van der Waals surface area contributed by atoms with E-state index in [4.69, 9.17) is 18.9 Å². The molecule has 1 N–H and O–H groups in total. The number of amides is 1. The largest absolute Gasteiger partial charge is 0.494 e. The highest BCUT2D eigenvalue weighted by molar-refractivity contribution is 5.80. The van der Waals surface area contributed by atoms with Gasteiger partial charge in [0.1, 0.15) is 11.9 Å². The number of hydrogen-bond acceptors (Lipinski definition) is 5. The fourth-order valence-electron chi connectivity index (χ4n) is 3.30. The van der Waals surface area contributed by atoms with E-state index in [1.54, 1.807) is 6.92 Å². The molecule has 6 heteroatoms. The van der Waals surface area contributed by atoms with E-state index in [2.05, 4.69) is 17.4 Å². The Morgan fingerprint density at radius 3 is 2.48 bits per heavy atom. The van der Waals surface area contributed by atoms with E-state index < -0.39 is 6.10 Å². The summed E-state index contributed by atoms with van der Waals surface area (Å²) >= 11 is 0. The van der Waals surface area contributed by atoms with Crippen LogP contribution in [0.25, 0.3) is 0 Å². The van der Waals surface area contributed by atoms with Gasteiger partial charge < -0.3 is 24.3 Å². The normalized spacial score (nSPS) is 17.3. The Bertz CT molecular complexity index is 554. The van der Waals surface area contributed by atoms with Crippen LogP contribution >= 0.6 is 0 Å². The monoisotopic (exact) mass is 379 g/mol. The molecule has 6 nitrogen and oxygen atoms in total. The lowest BCUT2D eigenvalue weighted by Gasteiger charge is -2.38. The van der Waals surface area contributed by atoms with Crippen LogP contribution in [0.5, 0.6) is 5.75 Å². The molecular weight excluding hydrogens is 346 g/mol. The Morgan fingerprint density at radius 1 is 1.15 bits per heavy atom. The third-order valence-corrected chi connectivity index (χ3v) is 5.00. The molecule has 0 spiro atoms. The smallest absolute Gasteiger partial charge is 0.248 e. The first kappa shape index (κ1) is 21.7. The SMILES string of the molecule is CCOCCOC(C)C(=O)NCC1(c2ccc(OCC)cc2)CCOCC1. The van der Waals surface area contributed by atoms with E-state index in [1.807, 2.05) is 26.0 Å². The van der Waals surface area contributed by atoms with Crippen LogP contribution in [-0.2, 0) is 24.4 Å². The van der Waals surface area contributed by atoms with Gasteiger partial charge in [-0.25, -0.2) is 0 Å². The molecule has 27 heavy (non-hydrogen) atoms. The molecule has 0 aliphatic carbocycles. The summed E-state index contributed by atoms with van der Waals surface area (Å²) in [7, 11) is 0. The highest BCUT2D eigenvalue weighted by Gasteiger charge is 2.35. The van der Waals surface area contributed by atoms with Crippen molar-refractivity contribution in [2.24, 2.45) is 0 Å². The Hall–Kier alpha value is -1.63. The second-order valence-electron chi connectivity index (χ2n) is 6.78. The molecule has 1 atom stereocenters. The molecule has 0 bridgehead atoms. The van der Waals surface area contributed by atoms with Crippen molar-refractivity contribution >= 4 is 5.91 Å². The third-order valence-electron chi connectivity index (χ3n) is 5.00. The first-order valence-corrected chi connectivity index (χ1v) is 9.89. The fourth-order valence-corrected chi connectivity index (χ4v) is 3.30. The first-order chi connectivity index (χ1) is 13.1. The maximum atomic E-state index is 12.4. The molecule has 0 radical (unpaired) electrons. The summed E-state index contributed by atoms with van der Waals surface area (Å²) < 4.78 is 21.9. The van der Waals surface area contributed by atoms with Crippen LogP contribution in [0, 0.1) is 0 Å². The Morgan fingerprint density at radius 2 is 1.85 bits per heavy atom. The maximum Gasteiger partial charge on any atom is 0.248 e. The Kier molecular flexibility index (Phi) is 9.04. The lowest BCUT2D eigenvalue weighted by Crippen LogP contribution is -2.47. The van der Waals surface area contributed by atoms with Crippen molar-refractivity contribution in [3.8, 4) is 5.75 Å². The van der Waals surface area contributed by atoms with Crippen molar-refractivity contribution < 1.29 is 23.7 Å². The molecule has 1 aliphatic rings. The number of carbonyl (C=O) groups is 1. The van der Waals surface area contributed by atoms with Gasteiger partial charge in [-0.1, -0.05) is 12.1 Å². The minimum Gasteiger partial charge on any atom is -0.494 e. The Labute approximate surface area is 162 Å². The van der Waals surface area contributed by atoms with Gasteiger partial charge in [-0.2, -0.15) is 0 Å². The van der Waals surface area contributed by atoms with E-state index in [9.17, 15) is 4.79 Å². The van der Waals surface area contributed by atoms with Gasteiger partial charge in [0.05, 0.1) is 19.8 Å². The molecular formula is C21H33NO5. The van der Waals surface area contributed by atoms with Crippen LogP contribution in [0.3, 0.4) is 0 Å². The van der Waals surface area contributed by atoms with Crippen molar-refractivity contribution in [2.75, 3.05) is 46.2 Å². The lowest BCUT2D eigenvalue weighted by atomic mass is 9.74. The minimum atomic E-state index is -0.498. The van der Waals surface area contributed by atoms with Gasteiger partial charge in [0, 0.05) is 31.8 Å². The third kappa shape index (κ3) is 6.48. The molecule has 1 saturated heterocycles. The number of hydrogen-bond donors (Lipinski definition) is 1. The van der Waals surface area contributed by atoms with E-state index in [0.717, 1.165) is 18.6 Å². The van der Waals surface area contributed by atoms with Crippen LogP contribution in [0.15, 0.2) is 24.3 Å². The number of rotatable bonds is 11. The standard InChI is InChI=1S/C21H33NO5/c1-4-24-14-15-27-17(3)20(23)22-16-21(10-12-25-13-11-21)18-6-8-19(9-7-18)26-5-2/h6-9,17H,4-5,10-16H2,1-3H3,(H,22,23). The Balaban J connectivity index is 1.96. The van der Waals surface area contributed by atoms with Crippen molar-refractivity contribution in [1.82, 2.24) is 5.32 Å². The summed E-state index contributed by atoms with van der Waals surface area (Å²) in [5.74, 6) is 0.770. The van der Waals surface area contributed by atoms with Gasteiger partial charge >= 0.3 is 0 Å². The molecule has 1 aromatic carbocycles. The fraction of sp³-hybridized carbons (Fsp3) is 0.667. The van der Waals surface area contributed by atoms with E-state index in [-0.39, 0.29) is 11.3 Å². The zero-order valence-corrected chi connectivity index (χ0v) is 16.8. The van der Waals surface area contributed by atoms with Gasteiger partial charge in [-0.05, 0) is 51.3 Å². The summed E-state index contributed by atoms with van der Waals surface area (Å²) in [6, 6.07) is 8.20. The molecule has 2 rings (SSSR count). The predicted molar refractivity (Wildman–Crippen MR) is 104 cm³/mol. The zero-order valence-electron chi connectivity index (χ0n) is 16.8. The van der Waals surface area contributed by atoms with E-state index >= 15 is 0 Å². The molecule has 0 aromatic heterocycles. The zero-order chi connectivity index (χ0) is 19.5. The van der Waals surface area contributed by atoms with Crippen LogP contribution in [0.2, 0.25) is 0 Å². The molecule has 1 aromatic rings. The summed E-state index contributed by atoms with van der Waals surface area (Å²) in [6.45, 7) is 9.86. The van der Waals surface area contributed by atoms with Crippen LogP contribution in [0.1, 0.15) is 39.2 Å². The number of carbonyl (C=O) groups excluding carboxylic acids is 1. The number of benzene rings is 1. The van der Waals surface area contributed by atoms with Gasteiger partial charge in [0.25, 0.3) is 0 Å². The van der Waals surface area contributed by atoms with Crippen LogP contribution < -0.4 is 10.1 Å². The highest BCUT2D eigenvalue weighted by atomic mass is 16.5. The summed E-state index contributed by atoms with van der Waals surface area (Å²) in [5.41, 5.74) is 1.09. The maximum absolute atomic E-state index is 12.4. The van der Waals surface area contributed by atoms with Gasteiger partial charge in [-0.3, -0.25) is 4.79 Å². The quantitative estimate of drug-likeness (QED) is 0.599. The van der Waals surface area contributed by atoms with E-state index in [0.29, 0.717) is 46.2 Å². The average Bonchev–Trinajstić information content (AvgIpc) is 2.70. The topological polar surface area (TPSA) is 66.0 Å². The number of nitrogens with one attached hydrogen (secondary N) is 1. The van der Waals surface area contributed by atoms with Crippen molar-refractivity contribution in [1.29, 1.82) is 0 Å². The van der Waals surface area contributed by atoms with Crippen molar-refractivity contribution in [3.63, 3.8) is 0 Å². The molecule has 152 valence electrons. The van der Waals surface area contributed by atoms with E-state index in [1.165, 1.54) is 5.56 Å². The average molecular weight is 379 g/mol. The molecule has 1 fully saturated rings. The first-order valence-electron chi connectivity index (χ1n) is 9.89. The van der Waals surface area contributed by atoms with Crippen LogP contribution in [0.4, 0.5) is 0 Å². The van der Waals surface area contributed by atoms with Gasteiger partial charge in [0.15, 0.2) is 0 Å². The molecule has 1 heterocycles. The summed E-state index contributed by atoms with van der Waals surface area (Å²) in [6.07, 6.45) is 1.25. The second-order valence-corrected chi connectivity index (χ2v) is 6.78. The summed E-state index contributed by atoms with van der Waals surface area (Å²) in [5, 5.41) is 3.08. The summed E-state index contributed by atoms with van der Waals surface area (Å²) in [4.78, 5) is 12.4. The molecule has 1 unspecified atom stereocenters. The molecule has 0 saturated carbocycles. The van der Waals surface area contributed by atoms with Gasteiger partial charge in [-0.15, -0.1) is 0 Å². The van der Waals surface area contributed by atoms with Crippen molar-refractivity contribution in [3.05, 3.63) is 29.8 Å². The number of ether oxygens (including phenoxy) is 4. The lowest BCUT2D eigenvalue weighted by molar-refractivity contribution is -0.133. The highest BCUT2D eigenvalue weighted by Crippen LogP contribution is 2.35. The van der Waals surface area contributed by atoms with Crippen molar-refractivity contribution in [2.45, 2.75) is 45.1 Å². The predicted octanol–water partition coefficient (Wildman–Crippen LogP) is 2.69. The minimum absolute atomic E-state index is 0.0942.